The molecule has 10 heteroatoms. The van der Waals surface area contributed by atoms with E-state index in [2.05, 4.69) is 36.0 Å². The van der Waals surface area contributed by atoms with Gasteiger partial charge in [0.25, 0.3) is 0 Å². The Kier molecular flexibility index (Phi) is 5.85. The average Bonchev–Trinajstić information content (AvgIpc) is 3.51. The summed E-state index contributed by atoms with van der Waals surface area (Å²) in [5.74, 6) is 2.29. The third-order valence-electron chi connectivity index (χ3n) is 5.56. The molecular formula is C26H25N7O3. The number of H-pyrrole nitrogens is 1. The van der Waals surface area contributed by atoms with E-state index in [1.165, 1.54) is 6.33 Å². The molecule has 0 aliphatic rings. The SMILES string of the molecule is Cc1cc(Oc2ccccc2-c2ncnc3[nH]ncc23)ccc1NC(=O)Nc1cc(C(C)(C)C)on1. The number of hydrogen-bond acceptors (Lipinski definition) is 7. The van der Waals surface area contributed by atoms with Crippen LogP contribution in [-0.2, 0) is 5.41 Å². The van der Waals surface area contributed by atoms with Crippen LogP contribution in [0.4, 0.5) is 16.3 Å². The number of hydrogen-bond donors (Lipinski definition) is 3. The summed E-state index contributed by atoms with van der Waals surface area (Å²) in [6, 6.07) is 14.4. The van der Waals surface area contributed by atoms with E-state index in [0.29, 0.717) is 34.4 Å². The second-order valence-electron chi connectivity index (χ2n) is 9.34. The van der Waals surface area contributed by atoms with Gasteiger partial charge in [-0.3, -0.25) is 10.4 Å². The fourth-order valence-corrected chi connectivity index (χ4v) is 3.66. The van der Waals surface area contributed by atoms with E-state index in [1.807, 2.05) is 58.0 Å². The summed E-state index contributed by atoms with van der Waals surface area (Å²) < 4.78 is 11.5. The molecule has 182 valence electrons. The number of nitrogens with one attached hydrogen (secondary N) is 3. The summed E-state index contributed by atoms with van der Waals surface area (Å²) in [5, 5.41) is 17.2. The largest absolute Gasteiger partial charge is 0.457 e. The Morgan fingerprint density at radius 2 is 1.89 bits per heavy atom. The minimum absolute atomic E-state index is 0.202. The van der Waals surface area contributed by atoms with Crippen LogP contribution in [0.3, 0.4) is 0 Å². The Balaban J connectivity index is 1.32. The van der Waals surface area contributed by atoms with Crippen LogP contribution in [0.2, 0.25) is 0 Å². The molecule has 0 spiro atoms. The number of amides is 2. The zero-order chi connectivity index (χ0) is 25.3. The lowest BCUT2D eigenvalue weighted by Gasteiger charge is -2.14. The molecule has 5 rings (SSSR count). The van der Waals surface area contributed by atoms with Crippen LogP contribution in [0, 0.1) is 6.92 Å². The molecule has 0 aliphatic heterocycles. The summed E-state index contributed by atoms with van der Waals surface area (Å²) >= 11 is 0. The van der Waals surface area contributed by atoms with Crippen molar-refractivity contribution in [2.45, 2.75) is 33.1 Å². The highest BCUT2D eigenvalue weighted by atomic mass is 16.5. The second kappa shape index (κ2) is 9.14. The van der Waals surface area contributed by atoms with Crippen LogP contribution < -0.4 is 15.4 Å². The summed E-state index contributed by atoms with van der Waals surface area (Å²) in [7, 11) is 0. The maximum atomic E-state index is 12.5. The summed E-state index contributed by atoms with van der Waals surface area (Å²) in [6.45, 7) is 7.92. The van der Waals surface area contributed by atoms with E-state index in [4.69, 9.17) is 9.26 Å². The Bertz CT molecular complexity index is 1550. The van der Waals surface area contributed by atoms with Crippen LogP contribution in [0.15, 0.2) is 65.6 Å². The molecule has 0 aliphatic carbocycles. The summed E-state index contributed by atoms with van der Waals surface area (Å²) in [4.78, 5) is 21.2. The Labute approximate surface area is 207 Å². The Hall–Kier alpha value is -4.73. The van der Waals surface area contributed by atoms with Crippen molar-refractivity contribution >= 4 is 28.6 Å². The van der Waals surface area contributed by atoms with E-state index in [0.717, 1.165) is 22.2 Å². The number of rotatable bonds is 5. The van der Waals surface area contributed by atoms with E-state index in [1.54, 1.807) is 24.4 Å². The molecule has 0 saturated heterocycles. The lowest BCUT2D eigenvalue weighted by molar-refractivity contribution is 0.262. The maximum Gasteiger partial charge on any atom is 0.324 e. The Morgan fingerprint density at radius 1 is 1.06 bits per heavy atom. The number of aromatic nitrogens is 5. The lowest BCUT2D eigenvalue weighted by Crippen LogP contribution is -2.20. The number of urea groups is 1. The van der Waals surface area contributed by atoms with Gasteiger partial charge in [0.15, 0.2) is 11.5 Å². The molecule has 5 aromatic rings. The van der Waals surface area contributed by atoms with E-state index in [9.17, 15) is 4.79 Å². The van der Waals surface area contributed by atoms with Crippen molar-refractivity contribution in [3.63, 3.8) is 0 Å². The minimum Gasteiger partial charge on any atom is -0.457 e. The van der Waals surface area contributed by atoms with Crippen molar-refractivity contribution in [2.24, 2.45) is 0 Å². The normalized spacial score (nSPS) is 11.4. The van der Waals surface area contributed by atoms with Crippen molar-refractivity contribution in [3.8, 4) is 22.8 Å². The van der Waals surface area contributed by atoms with Gasteiger partial charge in [-0.05, 0) is 42.8 Å². The van der Waals surface area contributed by atoms with Crippen LogP contribution >= 0.6 is 0 Å². The first-order valence-corrected chi connectivity index (χ1v) is 11.3. The van der Waals surface area contributed by atoms with Gasteiger partial charge in [0.05, 0.1) is 17.3 Å². The highest BCUT2D eigenvalue weighted by Gasteiger charge is 2.20. The molecule has 2 aromatic carbocycles. The molecule has 0 bridgehead atoms. The molecule has 0 fully saturated rings. The molecule has 36 heavy (non-hydrogen) atoms. The molecule has 10 nitrogen and oxygen atoms in total. The molecule has 0 radical (unpaired) electrons. The van der Waals surface area contributed by atoms with Crippen molar-refractivity contribution in [1.82, 2.24) is 25.3 Å². The molecule has 3 heterocycles. The van der Waals surface area contributed by atoms with E-state index in [-0.39, 0.29) is 5.41 Å². The third-order valence-corrected chi connectivity index (χ3v) is 5.56. The smallest absolute Gasteiger partial charge is 0.324 e. The summed E-state index contributed by atoms with van der Waals surface area (Å²) in [6.07, 6.45) is 3.19. The molecule has 3 aromatic heterocycles. The number of anilines is 2. The quantitative estimate of drug-likeness (QED) is 0.277. The first-order valence-electron chi connectivity index (χ1n) is 11.3. The third kappa shape index (κ3) is 4.74. The van der Waals surface area contributed by atoms with Crippen molar-refractivity contribution in [1.29, 1.82) is 0 Å². The summed E-state index contributed by atoms with van der Waals surface area (Å²) in [5.41, 5.74) is 3.45. The number of aryl methyl sites for hydroxylation is 1. The predicted molar refractivity (Wildman–Crippen MR) is 136 cm³/mol. The Morgan fingerprint density at radius 3 is 2.67 bits per heavy atom. The van der Waals surface area contributed by atoms with Gasteiger partial charge in [-0.2, -0.15) is 5.10 Å². The topological polar surface area (TPSA) is 131 Å². The van der Waals surface area contributed by atoms with Crippen molar-refractivity contribution in [2.75, 3.05) is 10.6 Å². The molecular weight excluding hydrogens is 458 g/mol. The first kappa shape index (κ1) is 23.0. The van der Waals surface area contributed by atoms with Gasteiger partial charge in [0.2, 0.25) is 0 Å². The number of para-hydroxylation sites is 1. The fraction of sp³-hybridized carbons (Fsp3) is 0.192. The van der Waals surface area contributed by atoms with E-state index >= 15 is 0 Å². The molecule has 0 unspecified atom stereocenters. The number of ether oxygens (including phenoxy) is 1. The highest BCUT2D eigenvalue weighted by molar-refractivity contribution is 5.99. The van der Waals surface area contributed by atoms with Gasteiger partial charge in [-0.25, -0.2) is 14.8 Å². The van der Waals surface area contributed by atoms with Gasteiger partial charge in [0, 0.05) is 22.7 Å². The number of fused-ring (bicyclic) bond motifs is 1. The minimum atomic E-state index is -0.418. The van der Waals surface area contributed by atoms with Crippen LogP contribution in [0.25, 0.3) is 22.3 Å². The monoisotopic (exact) mass is 483 g/mol. The van der Waals surface area contributed by atoms with Gasteiger partial charge >= 0.3 is 6.03 Å². The number of aromatic amines is 1. The first-order chi connectivity index (χ1) is 17.3. The lowest BCUT2D eigenvalue weighted by atomic mass is 9.93. The maximum absolute atomic E-state index is 12.5. The van der Waals surface area contributed by atoms with Gasteiger partial charge < -0.3 is 14.6 Å². The van der Waals surface area contributed by atoms with Crippen LogP contribution in [0.1, 0.15) is 32.1 Å². The highest BCUT2D eigenvalue weighted by Crippen LogP contribution is 2.35. The van der Waals surface area contributed by atoms with E-state index < -0.39 is 6.03 Å². The predicted octanol–water partition coefficient (Wildman–Crippen LogP) is 6.05. The fourth-order valence-electron chi connectivity index (χ4n) is 3.66. The van der Waals surface area contributed by atoms with Crippen molar-refractivity contribution in [3.05, 3.63) is 72.4 Å². The molecule has 2 amide bonds. The zero-order valence-corrected chi connectivity index (χ0v) is 20.3. The average molecular weight is 484 g/mol. The number of carbonyl (C=O) groups is 1. The number of carbonyl (C=O) groups excluding carboxylic acids is 1. The molecule has 0 atom stereocenters. The standard InChI is InChI=1S/C26H25N7O3/c1-15-11-16(9-10-19(15)30-25(34)31-22-12-21(36-33-22)26(2,3)4)35-20-8-6-5-7-17(20)23-18-13-29-32-24(18)28-14-27-23/h5-14H,1-4H3,(H,27,28,29,32)(H2,30,31,33,34). The second-order valence-corrected chi connectivity index (χ2v) is 9.34. The van der Waals surface area contributed by atoms with Gasteiger partial charge in [-0.1, -0.05) is 38.1 Å². The zero-order valence-electron chi connectivity index (χ0n) is 20.3. The van der Waals surface area contributed by atoms with Crippen LogP contribution in [-0.4, -0.2) is 31.4 Å². The van der Waals surface area contributed by atoms with Crippen LogP contribution in [0.5, 0.6) is 11.5 Å². The molecule has 0 saturated carbocycles. The number of benzene rings is 2. The van der Waals surface area contributed by atoms with Gasteiger partial charge in [-0.15, -0.1) is 0 Å². The van der Waals surface area contributed by atoms with Gasteiger partial charge in [0.1, 0.15) is 23.6 Å². The van der Waals surface area contributed by atoms with Crippen molar-refractivity contribution < 1.29 is 14.1 Å². The molecule has 3 N–H and O–H groups in total. The number of nitrogens with zero attached hydrogens (tertiary/aromatic N) is 4.